The minimum atomic E-state index is -0.570. The van der Waals surface area contributed by atoms with E-state index in [0.29, 0.717) is 5.69 Å². The molecule has 1 aromatic heterocycles. The molecule has 3 N–H and O–H groups in total. The highest BCUT2D eigenvalue weighted by Crippen LogP contribution is 2.26. The number of pyridine rings is 1. The fraction of sp³-hybridized carbons (Fsp3) is 0.231. The molecule has 2 aromatic carbocycles. The van der Waals surface area contributed by atoms with Crippen LogP contribution in [0.2, 0.25) is 0 Å². The van der Waals surface area contributed by atoms with Crippen molar-refractivity contribution in [2.75, 3.05) is 16.0 Å². The molecule has 1 aliphatic rings. The lowest BCUT2D eigenvalue weighted by Crippen LogP contribution is -2.25. The van der Waals surface area contributed by atoms with Gasteiger partial charge in [-0.05, 0) is 61.4 Å². The van der Waals surface area contributed by atoms with Gasteiger partial charge in [-0.1, -0.05) is 31.4 Å². The van der Waals surface area contributed by atoms with Crippen molar-refractivity contribution in [3.05, 3.63) is 83.9 Å². The quantitative estimate of drug-likeness (QED) is 0.468. The van der Waals surface area contributed by atoms with Gasteiger partial charge in [-0.15, -0.1) is 0 Å². The predicted octanol–water partition coefficient (Wildman–Crippen LogP) is 5.24. The van der Waals surface area contributed by atoms with Crippen LogP contribution in [0.3, 0.4) is 0 Å². The number of hydrogen-bond donors (Lipinski definition) is 3. The maximum atomic E-state index is 13.9. The van der Waals surface area contributed by atoms with E-state index in [-0.39, 0.29) is 34.5 Å². The van der Waals surface area contributed by atoms with Crippen LogP contribution in [-0.4, -0.2) is 22.7 Å². The van der Waals surface area contributed by atoms with E-state index >= 15 is 0 Å². The molecule has 0 unspecified atom stereocenters. The van der Waals surface area contributed by atoms with Crippen molar-refractivity contribution in [3.63, 3.8) is 0 Å². The Morgan fingerprint density at radius 1 is 0.794 bits per heavy atom. The first kappa shape index (κ1) is 23.1. The number of carbonyl (C=O) groups is 3. The summed E-state index contributed by atoms with van der Waals surface area (Å²) in [6.07, 6.45) is 6.49. The van der Waals surface area contributed by atoms with Gasteiger partial charge in [-0.25, -0.2) is 4.39 Å². The number of hydrogen-bond acceptors (Lipinski definition) is 4. The molecule has 3 aromatic rings. The number of amides is 3. The monoisotopic (exact) mass is 460 g/mol. The lowest BCUT2D eigenvalue weighted by atomic mass is 9.88. The van der Waals surface area contributed by atoms with Crippen LogP contribution >= 0.6 is 0 Å². The zero-order valence-corrected chi connectivity index (χ0v) is 18.5. The van der Waals surface area contributed by atoms with Gasteiger partial charge in [0.1, 0.15) is 11.5 Å². The van der Waals surface area contributed by atoms with Gasteiger partial charge in [0.05, 0.1) is 11.4 Å². The van der Waals surface area contributed by atoms with Crippen molar-refractivity contribution in [3.8, 4) is 0 Å². The van der Waals surface area contributed by atoms with Crippen molar-refractivity contribution < 1.29 is 18.8 Å². The van der Waals surface area contributed by atoms with Gasteiger partial charge in [0.2, 0.25) is 5.91 Å². The van der Waals surface area contributed by atoms with Crippen LogP contribution in [0.4, 0.5) is 21.5 Å². The summed E-state index contributed by atoms with van der Waals surface area (Å²) in [4.78, 5) is 41.9. The molecule has 174 valence electrons. The largest absolute Gasteiger partial charge is 0.326 e. The molecule has 7 nitrogen and oxygen atoms in total. The van der Waals surface area contributed by atoms with Gasteiger partial charge in [0.25, 0.3) is 11.8 Å². The third kappa shape index (κ3) is 5.83. The van der Waals surface area contributed by atoms with Gasteiger partial charge in [0, 0.05) is 23.4 Å². The Morgan fingerprint density at radius 2 is 1.59 bits per heavy atom. The SMILES string of the molecule is O=C(Nc1cc(F)ccc1NC(=O)c1ccccn1)c1cccc(NC(=O)C2CCCCC2)c1. The molecular weight excluding hydrogens is 435 g/mol. The highest BCUT2D eigenvalue weighted by molar-refractivity contribution is 6.10. The van der Waals surface area contributed by atoms with E-state index in [2.05, 4.69) is 20.9 Å². The Kier molecular flexibility index (Phi) is 7.27. The average Bonchev–Trinajstić information content (AvgIpc) is 2.87. The summed E-state index contributed by atoms with van der Waals surface area (Å²) in [7, 11) is 0. The molecule has 0 bridgehead atoms. The molecule has 0 aliphatic heterocycles. The Morgan fingerprint density at radius 3 is 2.35 bits per heavy atom. The first-order valence-corrected chi connectivity index (χ1v) is 11.2. The van der Waals surface area contributed by atoms with Crippen LogP contribution in [-0.2, 0) is 4.79 Å². The summed E-state index contributed by atoms with van der Waals surface area (Å²) in [6.45, 7) is 0. The topological polar surface area (TPSA) is 100 Å². The van der Waals surface area contributed by atoms with Crippen molar-refractivity contribution in [2.45, 2.75) is 32.1 Å². The molecule has 0 radical (unpaired) electrons. The average molecular weight is 461 g/mol. The fourth-order valence-electron chi connectivity index (χ4n) is 3.95. The number of anilines is 3. The van der Waals surface area contributed by atoms with Crippen molar-refractivity contribution >= 4 is 34.8 Å². The number of benzene rings is 2. The number of rotatable bonds is 6. The Labute approximate surface area is 196 Å². The zero-order valence-electron chi connectivity index (χ0n) is 18.5. The van der Waals surface area contributed by atoms with E-state index in [9.17, 15) is 18.8 Å². The zero-order chi connectivity index (χ0) is 23.9. The number of carbonyl (C=O) groups excluding carboxylic acids is 3. The van der Waals surface area contributed by atoms with E-state index in [4.69, 9.17) is 0 Å². The van der Waals surface area contributed by atoms with E-state index in [1.54, 1.807) is 42.5 Å². The minimum Gasteiger partial charge on any atom is -0.326 e. The number of aromatic nitrogens is 1. The summed E-state index contributed by atoms with van der Waals surface area (Å²) in [5.74, 6) is -1.62. The van der Waals surface area contributed by atoms with E-state index in [1.165, 1.54) is 18.3 Å². The van der Waals surface area contributed by atoms with Gasteiger partial charge >= 0.3 is 0 Å². The standard InChI is InChI=1S/C26H25FN4O3/c27-19-12-13-21(30-26(34)22-11-4-5-14-28-22)23(16-19)31-25(33)18-9-6-10-20(15-18)29-24(32)17-7-2-1-3-8-17/h4-6,9-17H,1-3,7-8H2,(H,29,32)(H,30,34)(H,31,33). The second-order valence-electron chi connectivity index (χ2n) is 8.22. The van der Waals surface area contributed by atoms with Crippen LogP contribution in [0, 0.1) is 11.7 Å². The molecule has 1 fully saturated rings. The molecule has 1 aliphatic carbocycles. The third-order valence-corrected chi connectivity index (χ3v) is 5.74. The lowest BCUT2D eigenvalue weighted by molar-refractivity contribution is -0.120. The number of nitrogens with zero attached hydrogens (tertiary/aromatic N) is 1. The molecule has 34 heavy (non-hydrogen) atoms. The second kappa shape index (κ2) is 10.7. The van der Waals surface area contributed by atoms with Gasteiger partial charge in [-0.2, -0.15) is 0 Å². The summed E-state index contributed by atoms with van der Waals surface area (Å²) in [5, 5.41) is 8.18. The van der Waals surface area contributed by atoms with Crippen molar-refractivity contribution in [1.82, 2.24) is 4.98 Å². The number of nitrogens with one attached hydrogen (secondary N) is 3. The normalized spacial score (nSPS) is 13.7. The lowest BCUT2D eigenvalue weighted by Gasteiger charge is -2.20. The summed E-state index contributed by atoms with van der Waals surface area (Å²) < 4.78 is 13.9. The smallest absolute Gasteiger partial charge is 0.274 e. The maximum absolute atomic E-state index is 13.9. The minimum absolute atomic E-state index is 0.0104. The Balaban J connectivity index is 1.47. The summed E-state index contributed by atoms with van der Waals surface area (Å²) >= 11 is 0. The molecule has 0 spiro atoms. The van der Waals surface area contributed by atoms with Crippen LogP contribution in [0.1, 0.15) is 53.0 Å². The molecule has 0 saturated heterocycles. The number of halogens is 1. The van der Waals surface area contributed by atoms with Crippen LogP contribution in [0.15, 0.2) is 66.9 Å². The summed E-state index contributed by atoms with van der Waals surface area (Å²) in [6, 6.07) is 15.1. The highest BCUT2D eigenvalue weighted by Gasteiger charge is 2.21. The molecule has 3 amide bonds. The Hall–Kier alpha value is -4.07. The predicted molar refractivity (Wildman–Crippen MR) is 128 cm³/mol. The summed E-state index contributed by atoms with van der Waals surface area (Å²) in [5.41, 5.74) is 1.32. The Bertz CT molecular complexity index is 1190. The molecule has 4 rings (SSSR count). The highest BCUT2D eigenvalue weighted by atomic mass is 19.1. The van der Waals surface area contributed by atoms with Crippen LogP contribution in [0.25, 0.3) is 0 Å². The molecule has 1 heterocycles. The van der Waals surface area contributed by atoms with Gasteiger partial charge < -0.3 is 16.0 Å². The van der Waals surface area contributed by atoms with Crippen molar-refractivity contribution in [1.29, 1.82) is 0 Å². The third-order valence-electron chi connectivity index (χ3n) is 5.74. The molecule has 0 atom stereocenters. The first-order valence-electron chi connectivity index (χ1n) is 11.2. The van der Waals surface area contributed by atoms with E-state index < -0.39 is 17.6 Å². The molecule has 1 saturated carbocycles. The van der Waals surface area contributed by atoms with Crippen LogP contribution in [0.5, 0.6) is 0 Å². The van der Waals surface area contributed by atoms with Gasteiger partial charge in [-0.3, -0.25) is 19.4 Å². The van der Waals surface area contributed by atoms with E-state index in [0.717, 1.165) is 38.2 Å². The van der Waals surface area contributed by atoms with E-state index in [1.807, 2.05) is 0 Å². The van der Waals surface area contributed by atoms with Crippen molar-refractivity contribution in [2.24, 2.45) is 5.92 Å². The van der Waals surface area contributed by atoms with Gasteiger partial charge in [0.15, 0.2) is 0 Å². The molecular formula is C26H25FN4O3. The molecule has 8 heteroatoms. The first-order chi connectivity index (χ1) is 16.5. The second-order valence-corrected chi connectivity index (χ2v) is 8.22. The fourth-order valence-corrected chi connectivity index (χ4v) is 3.95. The maximum Gasteiger partial charge on any atom is 0.274 e. The van der Waals surface area contributed by atoms with Crippen LogP contribution < -0.4 is 16.0 Å².